The van der Waals surface area contributed by atoms with Crippen LogP contribution < -0.4 is 0 Å². The molecule has 19 heavy (non-hydrogen) atoms. The Hall–Kier alpha value is -1.63. The molecule has 2 rings (SSSR count). The molecule has 0 bridgehead atoms. The number of aromatic carboxylic acids is 1. The molecule has 1 fully saturated rings. The van der Waals surface area contributed by atoms with Crippen molar-refractivity contribution in [1.82, 2.24) is 4.98 Å². The molecule has 7 heteroatoms. The Bertz CT molecular complexity index is 501. The van der Waals surface area contributed by atoms with Crippen molar-refractivity contribution >= 4 is 23.4 Å². The Kier molecular flexibility index (Phi) is 4.36. The Morgan fingerprint density at radius 3 is 2.68 bits per heavy atom. The molecule has 1 saturated carbocycles. The van der Waals surface area contributed by atoms with Gasteiger partial charge in [-0.25, -0.2) is 9.78 Å². The lowest BCUT2D eigenvalue weighted by molar-refractivity contribution is -0.385. The molecule has 0 saturated heterocycles. The third-order valence-corrected chi connectivity index (χ3v) is 4.39. The van der Waals surface area contributed by atoms with E-state index in [1.54, 1.807) is 0 Å². The number of carbonyl (C=O) groups is 1. The van der Waals surface area contributed by atoms with Gasteiger partial charge in [0.15, 0.2) is 0 Å². The molecule has 0 radical (unpaired) electrons. The van der Waals surface area contributed by atoms with E-state index in [-0.39, 0.29) is 5.56 Å². The normalized spacial score (nSPS) is 16.2. The fourth-order valence-corrected chi connectivity index (χ4v) is 3.37. The van der Waals surface area contributed by atoms with Crippen molar-refractivity contribution in [2.24, 2.45) is 0 Å². The summed E-state index contributed by atoms with van der Waals surface area (Å²) in [4.78, 5) is 25.0. The van der Waals surface area contributed by atoms with Crippen LogP contribution >= 0.6 is 11.8 Å². The van der Waals surface area contributed by atoms with Crippen molar-refractivity contribution < 1.29 is 14.8 Å². The summed E-state index contributed by atoms with van der Waals surface area (Å²) in [6, 6.07) is 1.31. The fraction of sp³-hybridized carbons (Fsp3) is 0.500. The lowest BCUT2D eigenvalue weighted by atomic mass is 10.0. The van der Waals surface area contributed by atoms with E-state index in [0.29, 0.717) is 10.3 Å². The molecular weight excluding hydrogens is 268 g/mol. The minimum atomic E-state index is -1.29. The molecule has 102 valence electrons. The largest absolute Gasteiger partial charge is 0.477 e. The van der Waals surface area contributed by atoms with Gasteiger partial charge in [0.05, 0.1) is 9.95 Å². The first-order valence-electron chi connectivity index (χ1n) is 6.12. The van der Waals surface area contributed by atoms with Crippen LogP contribution in [0.5, 0.6) is 0 Å². The van der Waals surface area contributed by atoms with Crippen molar-refractivity contribution in [3.05, 3.63) is 27.9 Å². The van der Waals surface area contributed by atoms with Gasteiger partial charge in [-0.2, -0.15) is 0 Å². The van der Waals surface area contributed by atoms with Gasteiger partial charge in [-0.3, -0.25) is 10.1 Å². The molecular formula is C12H14N2O4S. The molecule has 0 spiro atoms. The maximum atomic E-state index is 11.0. The Morgan fingerprint density at radius 1 is 1.42 bits per heavy atom. The minimum Gasteiger partial charge on any atom is -0.477 e. The first kappa shape index (κ1) is 13.8. The van der Waals surface area contributed by atoms with Gasteiger partial charge in [0.2, 0.25) is 0 Å². The summed E-state index contributed by atoms with van der Waals surface area (Å²) in [5, 5.41) is 20.7. The summed E-state index contributed by atoms with van der Waals surface area (Å²) in [6.07, 6.45) is 6.81. The Morgan fingerprint density at radius 2 is 2.11 bits per heavy atom. The summed E-state index contributed by atoms with van der Waals surface area (Å²) < 4.78 is 0. The van der Waals surface area contributed by atoms with Gasteiger partial charge in [0.1, 0.15) is 11.8 Å². The van der Waals surface area contributed by atoms with E-state index in [0.717, 1.165) is 19.0 Å². The van der Waals surface area contributed by atoms with Gasteiger partial charge in [-0.05, 0) is 18.9 Å². The van der Waals surface area contributed by atoms with Gasteiger partial charge in [-0.15, -0.1) is 11.8 Å². The molecule has 1 aromatic rings. The van der Waals surface area contributed by atoms with E-state index in [4.69, 9.17) is 5.11 Å². The van der Waals surface area contributed by atoms with E-state index in [1.165, 1.54) is 37.1 Å². The molecule has 0 unspecified atom stereocenters. The molecule has 1 aliphatic rings. The van der Waals surface area contributed by atoms with Gasteiger partial charge < -0.3 is 5.11 Å². The number of pyridine rings is 1. The average Bonchev–Trinajstić information content (AvgIpc) is 2.39. The summed E-state index contributed by atoms with van der Waals surface area (Å²) in [6.45, 7) is 0. The summed E-state index contributed by atoms with van der Waals surface area (Å²) in [5.41, 5.74) is -0.751. The molecule has 0 amide bonds. The molecule has 1 aromatic heterocycles. The van der Waals surface area contributed by atoms with Gasteiger partial charge in [-0.1, -0.05) is 19.3 Å². The van der Waals surface area contributed by atoms with Crippen LogP contribution in [0.25, 0.3) is 0 Å². The maximum Gasteiger partial charge on any atom is 0.342 e. The second-order valence-corrected chi connectivity index (χ2v) is 5.80. The molecule has 1 aliphatic carbocycles. The van der Waals surface area contributed by atoms with Crippen LogP contribution in [0.15, 0.2) is 17.3 Å². The highest BCUT2D eigenvalue weighted by Gasteiger charge is 2.22. The number of aromatic nitrogens is 1. The van der Waals surface area contributed by atoms with Crippen LogP contribution in [0.3, 0.4) is 0 Å². The van der Waals surface area contributed by atoms with Crippen LogP contribution in [-0.4, -0.2) is 26.2 Å². The van der Waals surface area contributed by atoms with E-state index in [1.807, 2.05) is 0 Å². The summed E-state index contributed by atoms with van der Waals surface area (Å²) >= 11 is 1.52. The van der Waals surface area contributed by atoms with Crippen LogP contribution in [0.4, 0.5) is 5.69 Å². The van der Waals surface area contributed by atoms with Crippen molar-refractivity contribution in [2.45, 2.75) is 42.4 Å². The fourth-order valence-electron chi connectivity index (χ4n) is 2.16. The van der Waals surface area contributed by atoms with Crippen molar-refractivity contribution in [1.29, 1.82) is 0 Å². The Balaban J connectivity index is 2.20. The van der Waals surface area contributed by atoms with Crippen LogP contribution in [0, 0.1) is 10.1 Å². The van der Waals surface area contributed by atoms with Gasteiger partial charge in [0, 0.05) is 5.25 Å². The number of hydrogen-bond donors (Lipinski definition) is 1. The van der Waals surface area contributed by atoms with Crippen molar-refractivity contribution in [2.75, 3.05) is 0 Å². The monoisotopic (exact) mass is 282 g/mol. The maximum absolute atomic E-state index is 11.0. The Labute approximate surface area is 114 Å². The zero-order valence-electron chi connectivity index (χ0n) is 10.2. The van der Waals surface area contributed by atoms with E-state index in [2.05, 4.69) is 4.98 Å². The first-order chi connectivity index (χ1) is 9.08. The molecule has 0 aliphatic heterocycles. The van der Waals surface area contributed by atoms with Gasteiger partial charge in [0.25, 0.3) is 0 Å². The molecule has 0 atom stereocenters. The van der Waals surface area contributed by atoms with Crippen LogP contribution in [0.1, 0.15) is 42.5 Å². The van der Waals surface area contributed by atoms with Gasteiger partial charge >= 0.3 is 11.7 Å². The number of carboxylic acid groups (broad SMARTS) is 1. The number of hydrogen-bond acceptors (Lipinski definition) is 5. The standard InChI is InChI=1S/C12H14N2O4S/c15-12(16)9-6-11(13-7-10(9)14(17)18)19-8-4-2-1-3-5-8/h6-8H,1-5H2,(H,15,16). The minimum absolute atomic E-state index is 0.293. The van der Waals surface area contributed by atoms with E-state index in [9.17, 15) is 14.9 Å². The molecule has 0 aromatic carbocycles. The summed E-state index contributed by atoms with van der Waals surface area (Å²) in [7, 11) is 0. The topological polar surface area (TPSA) is 93.3 Å². The highest BCUT2D eigenvalue weighted by atomic mass is 32.2. The molecule has 1 heterocycles. The molecule has 6 nitrogen and oxygen atoms in total. The van der Waals surface area contributed by atoms with E-state index >= 15 is 0 Å². The quantitative estimate of drug-likeness (QED) is 0.673. The number of nitro groups is 1. The number of carboxylic acids is 1. The zero-order chi connectivity index (χ0) is 13.8. The second-order valence-electron chi connectivity index (χ2n) is 4.48. The highest BCUT2D eigenvalue weighted by Crippen LogP contribution is 2.34. The smallest absolute Gasteiger partial charge is 0.342 e. The van der Waals surface area contributed by atoms with Crippen LogP contribution in [0.2, 0.25) is 0 Å². The predicted octanol–water partition coefficient (Wildman–Crippen LogP) is 3.11. The third kappa shape index (κ3) is 3.44. The third-order valence-electron chi connectivity index (χ3n) is 3.12. The average molecular weight is 282 g/mol. The SMILES string of the molecule is O=C(O)c1cc(SC2CCCCC2)ncc1[N+](=O)[O-]. The highest BCUT2D eigenvalue weighted by molar-refractivity contribution is 7.99. The molecule has 1 N–H and O–H groups in total. The number of rotatable bonds is 4. The lowest BCUT2D eigenvalue weighted by Crippen LogP contribution is -2.09. The lowest BCUT2D eigenvalue weighted by Gasteiger charge is -2.20. The number of nitrogens with zero attached hydrogens (tertiary/aromatic N) is 2. The second kappa shape index (κ2) is 6.01. The van der Waals surface area contributed by atoms with Crippen molar-refractivity contribution in [3.63, 3.8) is 0 Å². The van der Waals surface area contributed by atoms with Crippen LogP contribution in [-0.2, 0) is 0 Å². The van der Waals surface area contributed by atoms with Crippen molar-refractivity contribution in [3.8, 4) is 0 Å². The van der Waals surface area contributed by atoms with E-state index < -0.39 is 16.6 Å². The summed E-state index contributed by atoms with van der Waals surface area (Å²) in [5.74, 6) is -1.29. The predicted molar refractivity (Wildman–Crippen MR) is 70.6 cm³/mol. The number of thioether (sulfide) groups is 1. The zero-order valence-corrected chi connectivity index (χ0v) is 11.1. The first-order valence-corrected chi connectivity index (χ1v) is 7.00.